The third-order valence-electron chi connectivity index (χ3n) is 6.54. The van der Waals surface area contributed by atoms with Crippen molar-refractivity contribution in [1.82, 2.24) is 25.6 Å². The summed E-state index contributed by atoms with van der Waals surface area (Å²) in [4.78, 5) is 16.1. The smallest absolute Gasteiger partial charge is 0.160 e. The molecule has 2 aliphatic rings. The molecule has 6 rings (SSSR count). The van der Waals surface area contributed by atoms with E-state index in [1.165, 1.54) is 12.1 Å². The first-order valence-corrected chi connectivity index (χ1v) is 12.3. The SMILES string of the molecule is Fc1ccc(Cl)cc1-c1cc(C2=CNCC(c3ccc(N4CCNCC4)nc3)=C2)c2cccnc2n1. The molecule has 0 amide bonds. The number of pyridine rings is 3. The molecule has 0 aliphatic carbocycles. The predicted molar refractivity (Wildman–Crippen MR) is 143 cm³/mol. The van der Waals surface area contributed by atoms with Crippen LogP contribution in [-0.4, -0.2) is 47.7 Å². The summed E-state index contributed by atoms with van der Waals surface area (Å²) in [6, 6.07) is 14.5. The van der Waals surface area contributed by atoms with Crippen molar-refractivity contribution in [1.29, 1.82) is 0 Å². The quantitative estimate of drug-likeness (QED) is 0.416. The molecule has 2 aliphatic heterocycles. The Kier molecular flexibility index (Phi) is 6.09. The van der Waals surface area contributed by atoms with E-state index in [4.69, 9.17) is 16.6 Å². The lowest BCUT2D eigenvalue weighted by Crippen LogP contribution is -2.43. The van der Waals surface area contributed by atoms with Gasteiger partial charge in [0.05, 0.1) is 5.69 Å². The normalized spacial score (nSPS) is 15.9. The van der Waals surface area contributed by atoms with E-state index in [-0.39, 0.29) is 5.82 Å². The maximum absolute atomic E-state index is 14.7. The Hall–Kier alpha value is -3.81. The molecule has 1 saturated heterocycles. The maximum Gasteiger partial charge on any atom is 0.160 e. The zero-order valence-corrected chi connectivity index (χ0v) is 20.3. The van der Waals surface area contributed by atoms with Crippen molar-refractivity contribution in [2.45, 2.75) is 0 Å². The molecule has 0 unspecified atom stereocenters. The Morgan fingerprint density at radius 2 is 1.86 bits per heavy atom. The van der Waals surface area contributed by atoms with E-state index in [0.29, 0.717) is 28.5 Å². The van der Waals surface area contributed by atoms with Gasteiger partial charge in [-0.1, -0.05) is 11.6 Å². The topological polar surface area (TPSA) is 66.0 Å². The van der Waals surface area contributed by atoms with Crippen LogP contribution in [0.25, 0.3) is 33.4 Å². The Balaban J connectivity index is 1.39. The van der Waals surface area contributed by atoms with Gasteiger partial charge in [0, 0.05) is 67.3 Å². The molecule has 0 radical (unpaired) electrons. The van der Waals surface area contributed by atoms with E-state index in [0.717, 1.165) is 59.7 Å². The minimum Gasteiger partial charge on any atom is -0.386 e. The van der Waals surface area contributed by atoms with Gasteiger partial charge in [0.25, 0.3) is 0 Å². The van der Waals surface area contributed by atoms with Crippen molar-refractivity contribution in [3.8, 4) is 11.3 Å². The van der Waals surface area contributed by atoms with Crippen LogP contribution >= 0.6 is 11.6 Å². The zero-order valence-electron chi connectivity index (χ0n) is 19.5. The van der Waals surface area contributed by atoms with E-state index in [9.17, 15) is 4.39 Å². The summed E-state index contributed by atoms with van der Waals surface area (Å²) in [5.74, 6) is 0.621. The van der Waals surface area contributed by atoms with Crippen LogP contribution in [0.1, 0.15) is 11.1 Å². The van der Waals surface area contributed by atoms with Gasteiger partial charge < -0.3 is 15.5 Å². The highest BCUT2D eigenvalue weighted by atomic mass is 35.5. The van der Waals surface area contributed by atoms with Gasteiger partial charge in [0.15, 0.2) is 5.65 Å². The standard InChI is InChI=1S/C28H24ClFN6/c29-21-4-5-25(30)24(13-21)26-14-23(22-2-1-7-33-28(22)35-26)20-12-19(15-32-16-20)18-3-6-27(34-17-18)36-10-8-31-9-11-36/h1-7,12-14,16-17,31-32H,8-11,15H2. The van der Waals surface area contributed by atoms with Gasteiger partial charge in [-0.2, -0.15) is 0 Å². The minimum atomic E-state index is -0.379. The van der Waals surface area contributed by atoms with E-state index < -0.39 is 0 Å². The number of aromatic nitrogens is 3. The van der Waals surface area contributed by atoms with Gasteiger partial charge in [-0.05, 0) is 76.9 Å². The largest absolute Gasteiger partial charge is 0.386 e. The summed E-state index contributed by atoms with van der Waals surface area (Å²) in [6.07, 6.45) is 7.76. The monoisotopic (exact) mass is 498 g/mol. The van der Waals surface area contributed by atoms with E-state index in [1.54, 1.807) is 12.3 Å². The molecule has 1 aromatic carbocycles. The molecule has 0 spiro atoms. The van der Waals surface area contributed by atoms with Crippen LogP contribution in [0.3, 0.4) is 0 Å². The number of hydrogen-bond donors (Lipinski definition) is 2. The summed E-state index contributed by atoms with van der Waals surface area (Å²) < 4.78 is 14.7. The van der Waals surface area contributed by atoms with E-state index in [2.05, 4.69) is 43.7 Å². The second-order valence-corrected chi connectivity index (χ2v) is 9.28. The number of hydrogen-bond acceptors (Lipinski definition) is 6. The zero-order chi connectivity index (χ0) is 24.5. The van der Waals surface area contributed by atoms with Gasteiger partial charge in [0.1, 0.15) is 11.6 Å². The van der Waals surface area contributed by atoms with Crippen molar-refractivity contribution in [2.24, 2.45) is 0 Å². The van der Waals surface area contributed by atoms with Gasteiger partial charge >= 0.3 is 0 Å². The Morgan fingerprint density at radius 3 is 2.69 bits per heavy atom. The lowest BCUT2D eigenvalue weighted by atomic mass is 9.95. The molecular formula is C28H24ClFN6. The van der Waals surface area contributed by atoms with Gasteiger partial charge in [-0.3, -0.25) is 0 Å². The van der Waals surface area contributed by atoms with Crippen molar-refractivity contribution in [2.75, 3.05) is 37.6 Å². The third kappa shape index (κ3) is 4.43. The van der Waals surface area contributed by atoms with Crippen LogP contribution in [0, 0.1) is 5.82 Å². The lowest BCUT2D eigenvalue weighted by Gasteiger charge is -2.28. The number of nitrogens with one attached hydrogen (secondary N) is 2. The number of allylic oxidation sites excluding steroid dienone is 2. The summed E-state index contributed by atoms with van der Waals surface area (Å²) >= 11 is 6.17. The summed E-state index contributed by atoms with van der Waals surface area (Å²) in [5, 5.41) is 8.11. The van der Waals surface area contributed by atoms with Crippen molar-refractivity contribution >= 4 is 39.6 Å². The Morgan fingerprint density at radius 1 is 0.972 bits per heavy atom. The van der Waals surface area contributed by atoms with Crippen LogP contribution in [0.15, 0.2) is 73.2 Å². The number of nitrogens with zero attached hydrogens (tertiary/aromatic N) is 4. The number of halogens is 2. The number of dihydropyridines is 1. The van der Waals surface area contributed by atoms with E-state index >= 15 is 0 Å². The third-order valence-corrected chi connectivity index (χ3v) is 6.77. The maximum atomic E-state index is 14.7. The molecule has 0 bridgehead atoms. The summed E-state index contributed by atoms with van der Waals surface area (Å²) in [5.41, 5.74) is 5.44. The molecule has 0 saturated carbocycles. The number of anilines is 1. The number of piperazine rings is 1. The fraction of sp³-hybridized carbons (Fsp3) is 0.179. The molecule has 8 heteroatoms. The van der Waals surface area contributed by atoms with Crippen LogP contribution in [0.5, 0.6) is 0 Å². The first kappa shape index (κ1) is 22.6. The fourth-order valence-electron chi connectivity index (χ4n) is 4.68. The number of fused-ring (bicyclic) bond motifs is 1. The average Bonchev–Trinajstić information content (AvgIpc) is 2.94. The molecule has 0 atom stereocenters. The highest BCUT2D eigenvalue weighted by Crippen LogP contribution is 2.33. The highest BCUT2D eigenvalue weighted by Gasteiger charge is 2.17. The molecule has 6 nitrogen and oxygen atoms in total. The lowest BCUT2D eigenvalue weighted by molar-refractivity contribution is 0.585. The molecule has 5 heterocycles. The molecule has 36 heavy (non-hydrogen) atoms. The number of benzene rings is 1. The average molecular weight is 499 g/mol. The van der Waals surface area contributed by atoms with Crippen LogP contribution in [-0.2, 0) is 0 Å². The molecule has 4 aromatic rings. The predicted octanol–water partition coefficient (Wildman–Crippen LogP) is 4.92. The molecule has 3 aromatic heterocycles. The number of rotatable bonds is 4. The van der Waals surface area contributed by atoms with Crippen LogP contribution in [0.4, 0.5) is 10.2 Å². The second-order valence-electron chi connectivity index (χ2n) is 8.85. The van der Waals surface area contributed by atoms with Crippen molar-refractivity contribution in [3.63, 3.8) is 0 Å². The molecule has 180 valence electrons. The first-order valence-electron chi connectivity index (χ1n) is 11.9. The highest BCUT2D eigenvalue weighted by molar-refractivity contribution is 6.30. The minimum absolute atomic E-state index is 0.345. The van der Waals surface area contributed by atoms with Crippen molar-refractivity contribution < 1.29 is 4.39 Å². The summed E-state index contributed by atoms with van der Waals surface area (Å²) in [6.45, 7) is 4.56. The van der Waals surface area contributed by atoms with Gasteiger partial charge in [-0.15, -0.1) is 0 Å². The van der Waals surface area contributed by atoms with Crippen molar-refractivity contribution in [3.05, 3.63) is 95.2 Å². The van der Waals surface area contributed by atoms with E-state index in [1.807, 2.05) is 30.6 Å². The van der Waals surface area contributed by atoms with Gasteiger partial charge in [-0.25, -0.2) is 19.3 Å². The Labute approximate surface area is 213 Å². The first-order chi connectivity index (χ1) is 17.7. The molecule has 2 N–H and O–H groups in total. The molecule has 1 fully saturated rings. The Bertz CT molecular complexity index is 1490. The van der Waals surface area contributed by atoms with Crippen LogP contribution in [0.2, 0.25) is 5.02 Å². The molecular weight excluding hydrogens is 475 g/mol. The fourth-order valence-corrected chi connectivity index (χ4v) is 4.85. The summed E-state index contributed by atoms with van der Waals surface area (Å²) in [7, 11) is 0. The van der Waals surface area contributed by atoms with Crippen LogP contribution < -0.4 is 15.5 Å². The van der Waals surface area contributed by atoms with Gasteiger partial charge in [0.2, 0.25) is 0 Å². The second kappa shape index (κ2) is 9.68.